The number of nitrogens with zero attached hydrogens (tertiary/aromatic N) is 4. The Kier molecular flexibility index (Phi) is 8.89. The van der Waals surface area contributed by atoms with Gasteiger partial charge in [-0.15, -0.1) is 0 Å². The van der Waals surface area contributed by atoms with Crippen LogP contribution >= 0.6 is 0 Å². The Hall–Kier alpha value is -4.80. The lowest BCUT2D eigenvalue weighted by Crippen LogP contribution is -2.15. The summed E-state index contributed by atoms with van der Waals surface area (Å²) < 4.78 is 91.5. The van der Waals surface area contributed by atoms with Crippen LogP contribution in [0.15, 0.2) is 36.4 Å². The second-order valence-electron chi connectivity index (χ2n) is 8.80. The van der Waals surface area contributed by atoms with E-state index in [1.165, 1.54) is 0 Å². The highest BCUT2D eigenvalue weighted by Gasteiger charge is 2.24. The molecule has 17 heteroatoms. The van der Waals surface area contributed by atoms with Crippen LogP contribution in [0.3, 0.4) is 0 Å². The molecule has 0 bridgehead atoms. The molecule has 222 valence electrons. The molecule has 2 aromatic heterocycles. The number of hydrogen-bond donors (Lipinski definition) is 2. The van der Waals surface area contributed by atoms with Gasteiger partial charge in [0.1, 0.15) is 38.8 Å². The molecule has 0 saturated heterocycles. The fraction of sp³-hybridized carbons (Fsp3) is 0.240. The number of carboxylic acid groups (broad SMARTS) is 1. The third kappa shape index (κ3) is 7.48. The molecule has 0 unspecified atom stereocenters. The number of aromatic nitrogens is 4. The Labute approximate surface area is 234 Å². The maximum absolute atomic E-state index is 14.9. The molecule has 4 rings (SSSR count). The number of benzene rings is 2. The number of carbonyl (C=O) groups is 2. The Morgan fingerprint density at radius 3 is 2.40 bits per heavy atom. The maximum atomic E-state index is 14.9. The van der Waals surface area contributed by atoms with Crippen LogP contribution in [0, 0.1) is 23.3 Å². The number of carboxylic acids is 1. The number of hydrogen-bond acceptors (Lipinski definition) is 10. The summed E-state index contributed by atoms with van der Waals surface area (Å²) in [6, 6.07) is 4.40. The molecule has 4 aromatic rings. The number of esters is 1. The highest BCUT2D eigenvalue weighted by Crippen LogP contribution is 2.36. The molecule has 0 radical (unpaired) electrons. The molecule has 42 heavy (non-hydrogen) atoms. The normalized spacial score (nSPS) is 11.5. The van der Waals surface area contributed by atoms with Gasteiger partial charge in [0.2, 0.25) is 0 Å². The Bertz CT molecular complexity index is 1780. The van der Waals surface area contributed by atoms with Crippen LogP contribution in [0.25, 0.3) is 22.3 Å². The zero-order valence-corrected chi connectivity index (χ0v) is 22.4. The molecule has 0 aliphatic rings. The summed E-state index contributed by atoms with van der Waals surface area (Å²) in [7, 11) is -3.47. The molecule has 0 aliphatic carbocycles. The molecule has 2 heterocycles. The van der Waals surface area contributed by atoms with E-state index in [0.717, 1.165) is 41.3 Å². The first kappa shape index (κ1) is 30.2. The van der Waals surface area contributed by atoms with E-state index in [-0.39, 0.29) is 40.4 Å². The number of anilines is 1. The van der Waals surface area contributed by atoms with Gasteiger partial charge in [0.25, 0.3) is 0 Å². The van der Waals surface area contributed by atoms with Gasteiger partial charge in [-0.2, -0.15) is 15.1 Å². The fourth-order valence-electron chi connectivity index (χ4n) is 3.61. The van der Waals surface area contributed by atoms with E-state index in [1.54, 1.807) is 0 Å². The summed E-state index contributed by atoms with van der Waals surface area (Å²) in [4.78, 5) is 31.1. The lowest BCUT2D eigenvalue weighted by atomic mass is 10.1. The quantitative estimate of drug-likeness (QED) is 0.178. The van der Waals surface area contributed by atoms with E-state index >= 15 is 0 Å². The average molecular weight is 612 g/mol. The molecule has 0 atom stereocenters. The third-order valence-corrected chi connectivity index (χ3v) is 6.45. The van der Waals surface area contributed by atoms with E-state index in [4.69, 9.17) is 14.6 Å². The van der Waals surface area contributed by atoms with Crippen molar-refractivity contribution in [1.82, 2.24) is 19.7 Å². The number of ether oxygens (including phenoxy) is 2. The van der Waals surface area contributed by atoms with Gasteiger partial charge in [0, 0.05) is 24.4 Å². The van der Waals surface area contributed by atoms with E-state index < -0.39 is 76.4 Å². The molecule has 0 aliphatic heterocycles. The topological polar surface area (TPSA) is 163 Å². The first-order chi connectivity index (χ1) is 19.8. The molecule has 0 amide bonds. The fourth-order valence-corrected chi connectivity index (χ4v) is 4.08. The highest BCUT2D eigenvalue weighted by molar-refractivity contribution is 7.90. The first-order valence-electron chi connectivity index (χ1n) is 12.0. The summed E-state index contributed by atoms with van der Waals surface area (Å²) in [5.74, 6) is -6.94. The number of sulfone groups is 1. The number of halogens is 4. The number of carbonyl (C=O) groups excluding carboxylic acids is 1. The van der Waals surface area contributed by atoms with Gasteiger partial charge < -0.3 is 19.9 Å². The standard InChI is InChI=1S/C25H21F4N5O7S/c1-42(38,39)9-8-30-23-21-22(15-10-13(26)2-4-16(15)28)33-34(12-40-20(37)7-6-19(35)36)24(21)32-25(31-23)41-18-5-3-14(27)11-17(18)29/h2-5,10-11H,6-9,12H2,1H3,(H,35,36)(H,30,31,32). The molecular weight excluding hydrogens is 590 g/mol. The van der Waals surface area contributed by atoms with Crippen molar-refractivity contribution in [2.45, 2.75) is 19.6 Å². The minimum Gasteiger partial charge on any atom is -0.481 e. The van der Waals surface area contributed by atoms with Gasteiger partial charge in [0.15, 0.2) is 23.9 Å². The van der Waals surface area contributed by atoms with E-state index in [2.05, 4.69) is 20.4 Å². The van der Waals surface area contributed by atoms with Gasteiger partial charge >= 0.3 is 17.9 Å². The maximum Gasteiger partial charge on any atom is 0.326 e. The van der Waals surface area contributed by atoms with Crippen LogP contribution < -0.4 is 10.1 Å². The van der Waals surface area contributed by atoms with Crippen molar-refractivity contribution < 1.29 is 50.1 Å². The zero-order chi connectivity index (χ0) is 30.6. The third-order valence-electron chi connectivity index (χ3n) is 5.51. The lowest BCUT2D eigenvalue weighted by molar-refractivity contribution is -0.150. The molecule has 2 N–H and O–H groups in total. The monoisotopic (exact) mass is 611 g/mol. The van der Waals surface area contributed by atoms with Crippen LogP contribution in [0.4, 0.5) is 23.4 Å². The predicted molar refractivity (Wildman–Crippen MR) is 138 cm³/mol. The Balaban J connectivity index is 1.87. The van der Waals surface area contributed by atoms with E-state index in [0.29, 0.717) is 6.07 Å². The minimum atomic E-state index is -3.47. The van der Waals surface area contributed by atoms with Crippen LogP contribution in [0.2, 0.25) is 0 Å². The lowest BCUT2D eigenvalue weighted by Gasteiger charge is -2.11. The van der Waals surface area contributed by atoms with Crippen molar-refractivity contribution >= 4 is 38.6 Å². The largest absolute Gasteiger partial charge is 0.481 e. The van der Waals surface area contributed by atoms with E-state index in [9.17, 15) is 35.6 Å². The zero-order valence-electron chi connectivity index (χ0n) is 21.6. The van der Waals surface area contributed by atoms with Crippen LogP contribution in [0.1, 0.15) is 12.8 Å². The van der Waals surface area contributed by atoms with Crippen LogP contribution in [-0.4, -0.2) is 63.8 Å². The number of nitrogens with one attached hydrogen (secondary N) is 1. The van der Waals surface area contributed by atoms with Crippen molar-refractivity contribution in [1.29, 1.82) is 0 Å². The Morgan fingerprint density at radius 2 is 1.71 bits per heavy atom. The summed E-state index contributed by atoms with van der Waals surface area (Å²) in [6.07, 6.45) is -0.0119. The molecule has 2 aromatic carbocycles. The van der Waals surface area contributed by atoms with Gasteiger partial charge in [-0.25, -0.2) is 30.7 Å². The molecule has 12 nitrogen and oxygen atoms in total. The second kappa shape index (κ2) is 12.4. The van der Waals surface area contributed by atoms with E-state index in [1.807, 2.05) is 0 Å². The smallest absolute Gasteiger partial charge is 0.326 e. The van der Waals surface area contributed by atoms with Crippen molar-refractivity contribution in [2.75, 3.05) is 23.9 Å². The molecular formula is C25H21F4N5O7S. The van der Waals surface area contributed by atoms with Crippen molar-refractivity contribution in [3.05, 3.63) is 59.7 Å². The SMILES string of the molecule is CS(=O)(=O)CCNc1nc(Oc2ccc(F)cc2F)nc2c1c(-c1cc(F)ccc1F)nn2COC(=O)CCC(=O)O. The number of aliphatic carboxylic acids is 1. The first-order valence-corrected chi connectivity index (χ1v) is 14.0. The van der Waals surface area contributed by atoms with Crippen LogP contribution in [-0.2, 0) is 30.9 Å². The van der Waals surface area contributed by atoms with Crippen molar-refractivity contribution in [3.8, 4) is 23.0 Å². The summed E-state index contributed by atoms with van der Waals surface area (Å²) >= 11 is 0. The number of rotatable bonds is 12. The number of fused-ring (bicyclic) bond motifs is 1. The van der Waals surface area contributed by atoms with Gasteiger partial charge in [-0.3, -0.25) is 9.59 Å². The second-order valence-corrected chi connectivity index (χ2v) is 11.1. The minimum absolute atomic E-state index is 0.0819. The summed E-state index contributed by atoms with van der Waals surface area (Å²) in [6.45, 7) is -0.911. The van der Waals surface area contributed by atoms with Crippen LogP contribution in [0.5, 0.6) is 11.8 Å². The predicted octanol–water partition coefficient (Wildman–Crippen LogP) is 3.66. The average Bonchev–Trinajstić information content (AvgIpc) is 3.27. The molecule has 0 saturated carbocycles. The van der Waals surface area contributed by atoms with Crippen molar-refractivity contribution in [2.24, 2.45) is 0 Å². The van der Waals surface area contributed by atoms with Gasteiger partial charge in [-0.05, 0) is 30.3 Å². The highest BCUT2D eigenvalue weighted by atomic mass is 32.2. The van der Waals surface area contributed by atoms with Gasteiger partial charge in [0.05, 0.1) is 24.0 Å². The summed E-state index contributed by atoms with van der Waals surface area (Å²) in [5.41, 5.74) is -0.817. The summed E-state index contributed by atoms with van der Waals surface area (Å²) in [5, 5.41) is 15.7. The Morgan fingerprint density at radius 1 is 1.00 bits per heavy atom. The molecule has 0 spiro atoms. The molecule has 0 fully saturated rings. The van der Waals surface area contributed by atoms with Gasteiger partial charge in [-0.1, -0.05) is 0 Å². The van der Waals surface area contributed by atoms with Crippen molar-refractivity contribution in [3.63, 3.8) is 0 Å².